The Morgan fingerprint density at radius 1 is 1.26 bits per heavy atom. The van der Waals surface area contributed by atoms with Crippen molar-refractivity contribution in [2.75, 3.05) is 25.0 Å². The van der Waals surface area contributed by atoms with Gasteiger partial charge in [0.25, 0.3) is 0 Å². The van der Waals surface area contributed by atoms with Crippen LogP contribution >= 0.6 is 0 Å². The molecule has 3 rings (SSSR count). The summed E-state index contributed by atoms with van der Waals surface area (Å²) in [6.07, 6.45) is 5.60. The van der Waals surface area contributed by atoms with Gasteiger partial charge >= 0.3 is 0 Å². The molecule has 1 amide bonds. The third kappa shape index (κ3) is 6.15. The fraction of sp³-hybridized carbons (Fsp3) is 0.455. The molecule has 1 aromatic carbocycles. The van der Waals surface area contributed by atoms with Crippen LogP contribution in [-0.4, -0.2) is 41.5 Å². The second kappa shape index (κ2) is 10.2. The van der Waals surface area contributed by atoms with E-state index >= 15 is 0 Å². The van der Waals surface area contributed by atoms with Crippen LogP contribution in [0.3, 0.4) is 0 Å². The molecule has 1 saturated heterocycles. The molecule has 0 aliphatic carbocycles. The minimum absolute atomic E-state index is 0.0763. The molecular formula is C22H29N3O2. The number of para-hydroxylation sites is 1. The Morgan fingerprint density at radius 2 is 2.11 bits per heavy atom. The van der Waals surface area contributed by atoms with Gasteiger partial charge in [0, 0.05) is 31.4 Å². The van der Waals surface area contributed by atoms with Crippen molar-refractivity contribution in [1.82, 2.24) is 9.88 Å². The summed E-state index contributed by atoms with van der Waals surface area (Å²) >= 11 is 0. The summed E-state index contributed by atoms with van der Waals surface area (Å²) in [6.45, 7) is 5.33. The Bertz CT molecular complexity index is 721. The molecule has 2 aromatic rings. The van der Waals surface area contributed by atoms with Crippen LogP contribution < -0.4 is 5.32 Å². The van der Waals surface area contributed by atoms with Crippen molar-refractivity contribution in [3.63, 3.8) is 0 Å². The molecule has 0 saturated carbocycles. The summed E-state index contributed by atoms with van der Waals surface area (Å²) in [6, 6.07) is 13.9. The van der Waals surface area contributed by atoms with Crippen LogP contribution in [0.2, 0.25) is 0 Å². The maximum atomic E-state index is 12.3. The minimum Gasteiger partial charge on any atom is -0.371 e. The molecule has 0 bridgehead atoms. The van der Waals surface area contributed by atoms with Gasteiger partial charge in [-0.1, -0.05) is 31.2 Å². The van der Waals surface area contributed by atoms with Gasteiger partial charge in [-0.2, -0.15) is 0 Å². The number of anilines is 1. The first kappa shape index (κ1) is 19.5. The topological polar surface area (TPSA) is 54.5 Å². The normalized spacial score (nSPS) is 17.6. The molecule has 0 radical (unpaired) electrons. The highest BCUT2D eigenvalue weighted by atomic mass is 16.5. The molecule has 144 valence electrons. The van der Waals surface area contributed by atoms with E-state index in [0.29, 0.717) is 13.0 Å². The highest BCUT2D eigenvalue weighted by molar-refractivity contribution is 5.91. The molecule has 1 unspecified atom stereocenters. The lowest BCUT2D eigenvalue weighted by Gasteiger charge is -2.32. The van der Waals surface area contributed by atoms with Gasteiger partial charge in [-0.25, -0.2) is 0 Å². The van der Waals surface area contributed by atoms with Crippen LogP contribution in [0, 0.1) is 0 Å². The SMILES string of the molecule is CCc1ccccc1NC(=O)CCN1CCCC(OCc2ccccn2)C1. The van der Waals surface area contributed by atoms with Crippen molar-refractivity contribution >= 4 is 11.6 Å². The number of rotatable bonds is 8. The predicted molar refractivity (Wildman–Crippen MR) is 108 cm³/mol. The first-order chi connectivity index (χ1) is 13.2. The number of aryl methyl sites for hydroxylation is 1. The third-order valence-corrected chi connectivity index (χ3v) is 4.98. The number of pyridine rings is 1. The van der Waals surface area contributed by atoms with Crippen molar-refractivity contribution in [3.8, 4) is 0 Å². The van der Waals surface area contributed by atoms with E-state index in [-0.39, 0.29) is 12.0 Å². The van der Waals surface area contributed by atoms with Gasteiger partial charge in [-0.15, -0.1) is 0 Å². The summed E-state index contributed by atoms with van der Waals surface area (Å²) < 4.78 is 6.03. The number of piperidine rings is 1. The standard InChI is InChI=1S/C22H29N3O2/c1-2-18-8-3-4-11-21(18)24-22(26)12-15-25-14-7-10-20(16-25)27-17-19-9-5-6-13-23-19/h3-6,8-9,11,13,20H,2,7,10,12,14-17H2,1H3,(H,24,26). The van der Waals surface area contributed by atoms with Crippen LogP contribution in [0.1, 0.15) is 37.4 Å². The van der Waals surface area contributed by atoms with Gasteiger partial charge in [0.1, 0.15) is 0 Å². The molecule has 1 aliphatic rings. The zero-order valence-corrected chi connectivity index (χ0v) is 16.1. The van der Waals surface area contributed by atoms with Crippen molar-refractivity contribution in [1.29, 1.82) is 0 Å². The van der Waals surface area contributed by atoms with Gasteiger partial charge in [-0.05, 0) is 49.6 Å². The predicted octanol–water partition coefficient (Wildman–Crippen LogP) is 3.65. The number of hydrogen-bond donors (Lipinski definition) is 1. The molecule has 2 heterocycles. The van der Waals surface area contributed by atoms with Crippen molar-refractivity contribution in [2.24, 2.45) is 0 Å². The zero-order valence-electron chi connectivity index (χ0n) is 16.1. The Labute approximate surface area is 161 Å². The number of hydrogen-bond acceptors (Lipinski definition) is 4. The van der Waals surface area contributed by atoms with E-state index in [9.17, 15) is 4.79 Å². The molecule has 1 N–H and O–H groups in total. The maximum Gasteiger partial charge on any atom is 0.225 e. The van der Waals surface area contributed by atoms with E-state index in [1.165, 1.54) is 5.56 Å². The summed E-state index contributed by atoms with van der Waals surface area (Å²) in [4.78, 5) is 19.0. The summed E-state index contributed by atoms with van der Waals surface area (Å²) in [7, 11) is 0. The Hall–Kier alpha value is -2.24. The average Bonchev–Trinajstić information content (AvgIpc) is 2.72. The lowest BCUT2D eigenvalue weighted by molar-refractivity contribution is -0.116. The number of benzene rings is 1. The van der Waals surface area contributed by atoms with Crippen LogP contribution in [0.25, 0.3) is 0 Å². The molecular weight excluding hydrogens is 338 g/mol. The number of aromatic nitrogens is 1. The van der Waals surface area contributed by atoms with Crippen LogP contribution in [-0.2, 0) is 22.6 Å². The zero-order chi connectivity index (χ0) is 18.9. The van der Waals surface area contributed by atoms with Gasteiger partial charge in [-0.3, -0.25) is 9.78 Å². The number of nitrogens with zero attached hydrogens (tertiary/aromatic N) is 2. The van der Waals surface area contributed by atoms with E-state index in [1.54, 1.807) is 6.20 Å². The monoisotopic (exact) mass is 367 g/mol. The van der Waals surface area contributed by atoms with E-state index in [4.69, 9.17) is 4.74 Å². The molecule has 0 spiro atoms. The fourth-order valence-electron chi connectivity index (χ4n) is 3.46. The van der Waals surface area contributed by atoms with Crippen LogP contribution in [0.4, 0.5) is 5.69 Å². The summed E-state index contributed by atoms with van der Waals surface area (Å²) in [5, 5.41) is 3.05. The number of nitrogens with one attached hydrogen (secondary N) is 1. The third-order valence-electron chi connectivity index (χ3n) is 4.98. The quantitative estimate of drug-likeness (QED) is 0.774. The molecule has 5 heteroatoms. The molecule has 1 aliphatic heterocycles. The molecule has 1 atom stereocenters. The van der Waals surface area contributed by atoms with E-state index < -0.39 is 0 Å². The number of carbonyl (C=O) groups is 1. The van der Waals surface area contributed by atoms with Gasteiger partial charge in [0.2, 0.25) is 5.91 Å². The van der Waals surface area contributed by atoms with E-state index in [0.717, 1.165) is 50.3 Å². The van der Waals surface area contributed by atoms with Crippen molar-refractivity contribution < 1.29 is 9.53 Å². The summed E-state index contributed by atoms with van der Waals surface area (Å²) in [5.41, 5.74) is 3.07. The van der Waals surface area contributed by atoms with Crippen molar-refractivity contribution in [3.05, 3.63) is 59.9 Å². The maximum absolute atomic E-state index is 12.3. The Balaban J connectivity index is 1.41. The van der Waals surface area contributed by atoms with Gasteiger partial charge < -0.3 is 15.0 Å². The molecule has 1 fully saturated rings. The largest absolute Gasteiger partial charge is 0.371 e. The number of carbonyl (C=O) groups excluding carboxylic acids is 1. The Morgan fingerprint density at radius 3 is 2.93 bits per heavy atom. The van der Waals surface area contributed by atoms with Gasteiger partial charge in [0.15, 0.2) is 0 Å². The smallest absolute Gasteiger partial charge is 0.225 e. The average molecular weight is 367 g/mol. The lowest BCUT2D eigenvalue weighted by atomic mass is 10.1. The summed E-state index contributed by atoms with van der Waals surface area (Å²) in [5.74, 6) is 0.0763. The van der Waals surface area contributed by atoms with Crippen molar-refractivity contribution in [2.45, 2.75) is 45.3 Å². The highest BCUT2D eigenvalue weighted by Gasteiger charge is 2.21. The molecule has 27 heavy (non-hydrogen) atoms. The Kier molecular flexibility index (Phi) is 7.36. The number of likely N-dealkylation sites (tertiary alicyclic amines) is 1. The minimum atomic E-state index is 0.0763. The van der Waals surface area contributed by atoms with Gasteiger partial charge in [0.05, 0.1) is 18.4 Å². The first-order valence-electron chi connectivity index (χ1n) is 9.86. The second-order valence-electron chi connectivity index (χ2n) is 7.01. The second-order valence-corrected chi connectivity index (χ2v) is 7.01. The van der Waals surface area contributed by atoms with Crippen LogP contribution in [0.5, 0.6) is 0 Å². The number of amides is 1. The lowest BCUT2D eigenvalue weighted by Crippen LogP contribution is -2.40. The molecule has 1 aromatic heterocycles. The highest BCUT2D eigenvalue weighted by Crippen LogP contribution is 2.17. The van der Waals surface area contributed by atoms with E-state index in [2.05, 4.69) is 28.2 Å². The molecule has 5 nitrogen and oxygen atoms in total. The fourth-order valence-corrected chi connectivity index (χ4v) is 3.46. The van der Waals surface area contributed by atoms with E-state index in [1.807, 2.05) is 36.4 Å². The van der Waals surface area contributed by atoms with Crippen LogP contribution in [0.15, 0.2) is 48.7 Å². The first-order valence-corrected chi connectivity index (χ1v) is 9.86. The number of ether oxygens (including phenoxy) is 1.